The predicted octanol–water partition coefficient (Wildman–Crippen LogP) is 2.21. The minimum Gasteiger partial charge on any atom is -0.300 e. The van der Waals surface area contributed by atoms with Gasteiger partial charge in [-0.3, -0.25) is 0 Å². The fourth-order valence-electron chi connectivity index (χ4n) is 4.33. The SMILES string of the molecule is O=S(=O)(c1ccccc1)N1CCN(C[C@@H]2C[C@H]3C=C[C@H]2C3)CC1. The summed E-state index contributed by atoms with van der Waals surface area (Å²) >= 11 is 0. The third-order valence-electron chi connectivity index (χ3n) is 5.62. The van der Waals surface area contributed by atoms with Gasteiger partial charge in [0.05, 0.1) is 4.90 Å². The normalized spacial score (nSPS) is 31.7. The Balaban J connectivity index is 1.35. The van der Waals surface area contributed by atoms with Crippen molar-refractivity contribution in [1.82, 2.24) is 9.21 Å². The van der Waals surface area contributed by atoms with Gasteiger partial charge >= 0.3 is 0 Å². The average molecular weight is 332 g/mol. The summed E-state index contributed by atoms with van der Waals surface area (Å²) in [6.45, 7) is 4.04. The molecule has 1 saturated heterocycles. The van der Waals surface area contributed by atoms with Crippen LogP contribution in [0.5, 0.6) is 0 Å². The van der Waals surface area contributed by atoms with E-state index in [0.717, 1.165) is 37.4 Å². The van der Waals surface area contributed by atoms with Crippen LogP contribution in [0, 0.1) is 17.8 Å². The molecule has 0 aromatic heterocycles. The standard InChI is InChI=1S/C18H24N2O2S/c21-23(22,18-4-2-1-3-5-18)20-10-8-19(9-11-20)14-17-13-15-6-7-16(17)12-15/h1-7,15-17H,8-14H2/t15-,16-,17-/m0/s1. The molecule has 0 N–H and O–H groups in total. The van der Waals surface area contributed by atoms with Crippen LogP contribution in [0.3, 0.4) is 0 Å². The first kappa shape index (κ1) is 15.4. The molecule has 1 aromatic carbocycles. The van der Waals surface area contributed by atoms with E-state index in [2.05, 4.69) is 17.1 Å². The molecule has 2 aliphatic carbocycles. The molecule has 4 nitrogen and oxygen atoms in total. The van der Waals surface area contributed by atoms with Crippen LogP contribution in [-0.2, 0) is 10.0 Å². The number of allylic oxidation sites excluding steroid dienone is 2. The lowest BCUT2D eigenvalue weighted by Crippen LogP contribution is -2.49. The highest BCUT2D eigenvalue weighted by atomic mass is 32.2. The monoisotopic (exact) mass is 332 g/mol. The van der Waals surface area contributed by atoms with Gasteiger partial charge in [-0.25, -0.2) is 8.42 Å². The molecule has 1 aromatic rings. The van der Waals surface area contributed by atoms with Gasteiger partial charge in [0.1, 0.15) is 0 Å². The molecule has 124 valence electrons. The smallest absolute Gasteiger partial charge is 0.243 e. The molecule has 1 aliphatic heterocycles. The fourth-order valence-corrected chi connectivity index (χ4v) is 5.77. The summed E-state index contributed by atoms with van der Waals surface area (Å²) in [4.78, 5) is 2.86. The largest absolute Gasteiger partial charge is 0.300 e. The van der Waals surface area contributed by atoms with Crippen molar-refractivity contribution in [2.45, 2.75) is 17.7 Å². The van der Waals surface area contributed by atoms with E-state index in [1.54, 1.807) is 28.6 Å². The summed E-state index contributed by atoms with van der Waals surface area (Å²) in [5.74, 6) is 2.36. The summed E-state index contributed by atoms with van der Waals surface area (Å²) < 4.78 is 26.9. The van der Waals surface area contributed by atoms with Crippen LogP contribution in [0.1, 0.15) is 12.8 Å². The number of sulfonamides is 1. The van der Waals surface area contributed by atoms with Crippen molar-refractivity contribution in [1.29, 1.82) is 0 Å². The highest BCUT2D eigenvalue weighted by Crippen LogP contribution is 2.43. The molecular formula is C18H24N2O2S. The van der Waals surface area contributed by atoms with E-state index in [1.807, 2.05) is 6.07 Å². The third kappa shape index (κ3) is 2.97. The lowest BCUT2D eigenvalue weighted by atomic mass is 9.93. The number of rotatable bonds is 4. The minimum absolute atomic E-state index is 0.409. The number of hydrogen-bond acceptors (Lipinski definition) is 3. The number of hydrogen-bond donors (Lipinski definition) is 0. The van der Waals surface area contributed by atoms with Crippen molar-refractivity contribution in [3.05, 3.63) is 42.5 Å². The summed E-state index contributed by atoms with van der Waals surface area (Å²) in [5, 5.41) is 0. The van der Waals surface area contributed by atoms with Crippen LogP contribution in [0.25, 0.3) is 0 Å². The molecule has 1 heterocycles. The Bertz CT molecular complexity index is 678. The van der Waals surface area contributed by atoms with E-state index in [9.17, 15) is 8.42 Å². The minimum atomic E-state index is -3.33. The van der Waals surface area contributed by atoms with Crippen LogP contribution >= 0.6 is 0 Å². The Morgan fingerprint density at radius 2 is 1.70 bits per heavy atom. The van der Waals surface area contributed by atoms with Gasteiger partial charge in [0.15, 0.2) is 0 Å². The molecule has 4 rings (SSSR count). The molecule has 2 bridgehead atoms. The first-order valence-corrected chi connectivity index (χ1v) is 10.0. The molecule has 0 spiro atoms. The van der Waals surface area contributed by atoms with Gasteiger partial charge in [0, 0.05) is 32.7 Å². The van der Waals surface area contributed by atoms with E-state index >= 15 is 0 Å². The summed E-state index contributed by atoms with van der Waals surface area (Å²) in [5.41, 5.74) is 0. The molecule has 3 atom stereocenters. The molecule has 0 unspecified atom stereocenters. The predicted molar refractivity (Wildman–Crippen MR) is 90.5 cm³/mol. The van der Waals surface area contributed by atoms with Crippen LogP contribution in [0.4, 0.5) is 0 Å². The van der Waals surface area contributed by atoms with Crippen LogP contribution in [-0.4, -0.2) is 50.3 Å². The van der Waals surface area contributed by atoms with Gasteiger partial charge in [-0.15, -0.1) is 0 Å². The lowest BCUT2D eigenvalue weighted by Gasteiger charge is -2.36. The number of fused-ring (bicyclic) bond motifs is 2. The van der Waals surface area contributed by atoms with Gasteiger partial charge in [0.25, 0.3) is 0 Å². The first-order valence-electron chi connectivity index (χ1n) is 8.59. The second kappa shape index (κ2) is 6.04. The molecule has 2 fully saturated rings. The molecule has 3 aliphatic rings. The maximum atomic E-state index is 12.6. The zero-order valence-electron chi connectivity index (χ0n) is 13.3. The first-order chi connectivity index (χ1) is 11.1. The van der Waals surface area contributed by atoms with E-state index < -0.39 is 10.0 Å². The maximum Gasteiger partial charge on any atom is 0.243 e. The molecule has 1 saturated carbocycles. The Morgan fingerprint density at radius 3 is 2.30 bits per heavy atom. The summed E-state index contributed by atoms with van der Waals surface area (Å²) in [6, 6.07) is 8.78. The molecule has 5 heteroatoms. The topological polar surface area (TPSA) is 40.6 Å². The van der Waals surface area contributed by atoms with Crippen molar-refractivity contribution in [3.63, 3.8) is 0 Å². The number of piperazine rings is 1. The van der Waals surface area contributed by atoms with E-state index in [-0.39, 0.29) is 0 Å². The lowest BCUT2D eigenvalue weighted by molar-refractivity contribution is 0.156. The van der Waals surface area contributed by atoms with E-state index in [0.29, 0.717) is 18.0 Å². The van der Waals surface area contributed by atoms with Gasteiger partial charge in [-0.1, -0.05) is 30.4 Å². The maximum absolute atomic E-state index is 12.6. The third-order valence-corrected chi connectivity index (χ3v) is 7.53. The van der Waals surface area contributed by atoms with Crippen LogP contribution < -0.4 is 0 Å². The fraction of sp³-hybridized carbons (Fsp3) is 0.556. The molecule has 0 radical (unpaired) electrons. The highest BCUT2D eigenvalue weighted by molar-refractivity contribution is 7.89. The quantitative estimate of drug-likeness (QED) is 0.794. The zero-order valence-corrected chi connectivity index (χ0v) is 14.2. The Kier molecular flexibility index (Phi) is 4.03. The zero-order chi connectivity index (χ0) is 15.9. The van der Waals surface area contributed by atoms with Gasteiger partial charge in [-0.05, 0) is 42.7 Å². The highest BCUT2D eigenvalue weighted by Gasteiger charge is 2.37. The van der Waals surface area contributed by atoms with E-state index in [1.165, 1.54) is 12.8 Å². The second-order valence-corrected chi connectivity index (χ2v) is 9.00. The van der Waals surface area contributed by atoms with Gasteiger partial charge < -0.3 is 4.90 Å². The van der Waals surface area contributed by atoms with Crippen molar-refractivity contribution >= 4 is 10.0 Å². The number of nitrogens with zero attached hydrogens (tertiary/aromatic N) is 2. The van der Waals surface area contributed by atoms with Crippen LogP contribution in [0.2, 0.25) is 0 Å². The Hall–Kier alpha value is -1.17. The molecule has 23 heavy (non-hydrogen) atoms. The summed E-state index contributed by atoms with van der Waals surface area (Å²) in [6.07, 6.45) is 7.44. The second-order valence-electron chi connectivity index (χ2n) is 7.06. The van der Waals surface area contributed by atoms with Gasteiger partial charge in [-0.2, -0.15) is 4.31 Å². The van der Waals surface area contributed by atoms with Crippen LogP contribution in [0.15, 0.2) is 47.4 Å². The average Bonchev–Trinajstić information content (AvgIpc) is 3.19. The Morgan fingerprint density at radius 1 is 0.957 bits per heavy atom. The molecular weight excluding hydrogens is 308 g/mol. The Labute approximate surface area is 138 Å². The van der Waals surface area contributed by atoms with Crippen molar-refractivity contribution in [3.8, 4) is 0 Å². The molecule has 0 amide bonds. The summed E-state index contributed by atoms with van der Waals surface area (Å²) in [7, 11) is -3.33. The van der Waals surface area contributed by atoms with Crippen molar-refractivity contribution < 1.29 is 8.42 Å². The van der Waals surface area contributed by atoms with Gasteiger partial charge in [0.2, 0.25) is 10.0 Å². The van der Waals surface area contributed by atoms with Crippen molar-refractivity contribution in [2.75, 3.05) is 32.7 Å². The van der Waals surface area contributed by atoms with Crippen molar-refractivity contribution in [2.24, 2.45) is 17.8 Å². The van der Waals surface area contributed by atoms with E-state index in [4.69, 9.17) is 0 Å². The number of benzene rings is 1.